The molecule has 2 aromatic carbocycles. The standard InChI is InChI=1S/C29H40N4O4Si/c1-31(2)29(22-10-7-6-8-11-22)16-14-28(15-17-29)20-32(24-13-9-12-23-25(24)37-26(34)30-23)27(35)33(28)21-36-18-19-38(3,4)5/h6-13H,14-21H2,1-5H3,(H,30,34)/t28-,29-. The zero-order valence-electron chi connectivity index (χ0n) is 23.3. The molecular formula is C29H40N4O4Si. The van der Waals surface area contributed by atoms with Gasteiger partial charge in [0.05, 0.1) is 23.3 Å². The van der Waals surface area contributed by atoms with Crippen LogP contribution in [0, 0.1) is 0 Å². The normalized spacial score (nSPS) is 24.3. The number of H-pyrrole nitrogens is 1. The minimum atomic E-state index is -1.25. The van der Waals surface area contributed by atoms with E-state index in [0.29, 0.717) is 29.9 Å². The van der Waals surface area contributed by atoms with Crippen molar-refractivity contribution < 1.29 is 13.9 Å². The number of para-hydroxylation sites is 1. The Morgan fingerprint density at radius 3 is 2.37 bits per heavy atom. The molecule has 2 heterocycles. The molecule has 1 spiro atoms. The van der Waals surface area contributed by atoms with Crippen molar-refractivity contribution in [3.63, 3.8) is 0 Å². The van der Waals surface area contributed by atoms with Crippen molar-refractivity contribution in [2.75, 3.05) is 38.9 Å². The van der Waals surface area contributed by atoms with E-state index in [2.05, 4.69) is 74.0 Å². The third-order valence-electron chi connectivity index (χ3n) is 8.60. The van der Waals surface area contributed by atoms with E-state index >= 15 is 0 Å². The van der Waals surface area contributed by atoms with Crippen molar-refractivity contribution in [2.24, 2.45) is 0 Å². The average molecular weight is 537 g/mol. The van der Waals surface area contributed by atoms with Crippen LogP contribution in [0.15, 0.2) is 57.7 Å². The molecule has 2 amide bonds. The number of nitrogens with one attached hydrogen (secondary N) is 1. The molecule has 1 saturated carbocycles. The van der Waals surface area contributed by atoms with Crippen LogP contribution in [0.25, 0.3) is 11.1 Å². The lowest BCUT2D eigenvalue weighted by Crippen LogP contribution is -2.55. The van der Waals surface area contributed by atoms with E-state index in [1.165, 1.54) is 5.56 Å². The fraction of sp³-hybridized carbons (Fsp3) is 0.517. The fourth-order valence-corrected chi connectivity index (χ4v) is 6.94. The Labute approximate surface area is 225 Å². The van der Waals surface area contributed by atoms with Crippen LogP contribution in [0.1, 0.15) is 31.2 Å². The second-order valence-corrected chi connectivity index (χ2v) is 18.0. The molecule has 0 bridgehead atoms. The first-order chi connectivity index (χ1) is 18.0. The van der Waals surface area contributed by atoms with Gasteiger partial charge in [-0.3, -0.25) is 19.7 Å². The van der Waals surface area contributed by atoms with E-state index in [0.717, 1.165) is 31.7 Å². The van der Waals surface area contributed by atoms with Crippen molar-refractivity contribution >= 4 is 30.9 Å². The van der Waals surface area contributed by atoms with Crippen LogP contribution in [0.3, 0.4) is 0 Å². The summed E-state index contributed by atoms with van der Waals surface area (Å²) >= 11 is 0. The van der Waals surface area contributed by atoms with Gasteiger partial charge in [0.15, 0.2) is 5.58 Å². The van der Waals surface area contributed by atoms with Gasteiger partial charge in [0, 0.05) is 20.2 Å². The highest BCUT2D eigenvalue weighted by Gasteiger charge is 2.55. The van der Waals surface area contributed by atoms with Crippen LogP contribution in [0.4, 0.5) is 10.5 Å². The Balaban J connectivity index is 1.46. The molecule has 1 saturated heterocycles. The van der Waals surface area contributed by atoms with E-state index in [1.54, 1.807) is 11.0 Å². The van der Waals surface area contributed by atoms with E-state index in [1.807, 2.05) is 17.0 Å². The number of fused-ring (bicyclic) bond motifs is 1. The summed E-state index contributed by atoms with van der Waals surface area (Å²) in [6.07, 6.45) is 3.57. The number of urea groups is 1. The van der Waals surface area contributed by atoms with Crippen molar-refractivity contribution in [1.29, 1.82) is 0 Å². The molecule has 9 heteroatoms. The van der Waals surface area contributed by atoms with Gasteiger partial charge in [-0.15, -0.1) is 0 Å². The third-order valence-corrected chi connectivity index (χ3v) is 10.3. The number of carbonyl (C=O) groups excluding carboxylic acids is 1. The first kappa shape index (κ1) is 26.7. The number of carbonyl (C=O) groups is 1. The lowest BCUT2D eigenvalue weighted by molar-refractivity contribution is -0.0254. The lowest BCUT2D eigenvalue weighted by Gasteiger charge is -2.50. The van der Waals surface area contributed by atoms with Crippen molar-refractivity contribution in [2.45, 2.75) is 62.4 Å². The van der Waals surface area contributed by atoms with Gasteiger partial charge in [-0.25, -0.2) is 9.59 Å². The zero-order chi connectivity index (χ0) is 27.1. The number of rotatable bonds is 8. The summed E-state index contributed by atoms with van der Waals surface area (Å²) in [6.45, 7) is 8.46. The average Bonchev–Trinajstić information content (AvgIpc) is 3.39. The highest BCUT2D eigenvalue weighted by atomic mass is 28.3. The van der Waals surface area contributed by atoms with Crippen LogP contribution in [-0.4, -0.2) is 68.4 Å². The summed E-state index contributed by atoms with van der Waals surface area (Å²) in [4.78, 5) is 34.8. The molecule has 3 aromatic rings. The van der Waals surface area contributed by atoms with Crippen LogP contribution in [-0.2, 0) is 10.3 Å². The SMILES string of the molecule is CN(C)[C@]1(c2ccccc2)CC[C@@]2(CC1)CN(c1cccc3[nH]c(=O)oc13)C(=O)N2COCC[Si](C)(C)C. The van der Waals surface area contributed by atoms with Gasteiger partial charge < -0.3 is 9.15 Å². The Hall–Kier alpha value is -2.88. The molecule has 8 nitrogen and oxygen atoms in total. The maximum atomic E-state index is 14.0. The first-order valence-corrected chi connectivity index (χ1v) is 17.3. The number of aromatic amines is 1. The molecule has 1 aliphatic heterocycles. The summed E-state index contributed by atoms with van der Waals surface area (Å²) < 4.78 is 11.6. The van der Waals surface area contributed by atoms with Gasteiger partial charge in [-0.1, -0.05) is 56.0 Å². The number of hydrogen-bond donors (Lipinski definition) is 1. The summed E-state index contributed by atoms with van der Waals surface area (Å²) in [6, 6.07) is 17.2. The third kappa shape index (κ3) is 4.83. The molecule has 5 rings (SSSR count). The van der Waals surface area contributed by atoms with Crippen LogP contribution < -0.4 is 10.7 Å². The quantitative estimate of drug-likeness (QED) is 0.306. The number of anilines is 1. The minimum absolute atomic E-state index is 0.0826. The molecular weight excluding hydrogens is 496 g/mol. The van der Waals surface area contributed by atoms with E-state index < -0.39 is 13.8 Å². The van der Waals surface area contributed by atoms with Crippen molar-refractivity contribution in [1.82, 2.24) is 14.8 Å². The predicted octanol–water partition coefficient (Wildman–Crippen LogP) is 5.45. The maximum Gasteiger partial charge on any atom is 0.417 e. The van der Waals surface area contributed by atoms with Gasteiger partial charge in [0.1, 0.15) is 6.73 Å². The molecule has 0 atom stereocenters. The number of nitrogens with zero attached hydrogens (tertiary/aromatic N) is 3. The molecule has 0 unspecified atom stereocenters. The van der Waals surface area contributed by atoms with E-state index in [4.69, 9.17) is 9.15 Å². The largest absolute Gasteiger partial charge is 0.417 e. The first-order valence-electron chi connectivity index (χ1n) is 13.6. The molecule has 1 aromatic heterocycles. The smallest absolute Gasteiger partial charge is 0.406 e. The zero-order valence-corrected chi connectivity index (χ0v) is 24.3. The van der Waals surface area contributed by atoms with Crippen LogP contribution in [0.2, 0.25) is 25.7 Å². The minimum Gasteiger partial charge on any atom is -0.406 e. The second-order valence-electron chi connectivity index (χ2n) is 12.3. The highest BCUT2D eigenvalue weighted by molar-refractivity contribution is 6.76. The molecule has 1 aliphatic carbocycles. The number of ether oxygens (including phenoxy) is 1. The van der Waals surface area contributed by atoms with E-state index in [9.17, 15) is 9.59 Å². The van der Waals surface area contributed by atoms with E-state index in [-0.39, 0.29) is 23.8 Å². The van der Waals surface area contributed by atoms with Gasteiger partial charge in [0.25, 0.3) is 0 Å². The molecule has 38 heavy (non-hydrogen) atoms. The monoisotopic (exact) mass is 536 g/mol. The van der Waals surface area contributed by atoms with Crippen molar-refractivity contribution in [3.05, 3.63) is 64.6 Å². The summed E-state index contributed by atoms with van der Waals surface area (Å²) in [5.41, 5.74) is 2.52. The van der Waals surface area contributed by atoms with Crippen LogP contribution >= 0.6 is 0 Å². The second kappa shape index (κ2) is 10.0. The Morgan fingerprint density at radius 2 is 1.71 bits per heavy atom. The summed E-state index contributed by atoms with van der Waals surface area (Å²) in [7, 11) is 3.06. The Kier molecular flexibility index (Phi) is 7.04. The number of oxazole rings is 1. The van der Waals surface area contributed by atoms with Gasteiger partial charge in [0.2, 0.25) is 0 Å². The van der Waals surface area contributed by atoms with Gasteiger partial charge >= 0.3 is 11.8 Å². The highest BCUT2D eigenvalue weighted by Crippen LogP contribution is 2.49. The number of amides is 2. The summed E-state index contributed by atoms with van der Waals surface area (Å²) in [5.74, 6) is -0.517. The van der Waals surface area contributed by atoms with Gasteiger partial charge in [-0.2, -0.15) is 0 Å². The van der Waals surface area contributed by atoms with Gasteiger partial charge in [-0.05, 0) is 63.5 Å². The number of aromatic nitrogens is 1. The molecule has 2 aliphatic rings. The maximum absolute atomic E-state index is 14.0. The summed E-state index contributed by atoms with van der Waals surface area (Å²) in [5, 5.41) is 0. The lowest BCUT2D eigenvalue weighted by atomic mass is 9.68. The molecule has 2 fully saturated rings. The Morgan fingerprint density at radius 1 is 1.00 bits per heavy atom. The number of hydrogen-bond acceptors (Lipinski definition) is 5. The van der Waals surface area contributed by atoms with Crippen molar-refractivity contribution in [3.8, 4) is 0 Å². The Bertz CT molecular complexity index is 1340. The topological polar surface area (TPSA) is 82.0 Å². The predicted molar refractivity (Wildman–Crippen MR) is 153 cm³/mol. The molecule has 0 radical (unpaired) electrons. The van der Waals surface area contributed by atoms with Crippen LogP contribution in [0.5, 0.6) is 0 Å². The molecule has 1 N–H and O–H groups in total. The fourth-order valence-electron chi connectivity index (χ4n) is 6.18. The number of benzene rings is 2. The molecule has 204 valence electrons.